The Kier molecular flexibility index (Phi) is 4.19. The molecule has 1 N–H and O–H groups in total. The molecule has 0 bridgehead atoms. The standard InChI is InChI=1S/C19H17N5O2S/c1-10-8-11(2)20-18-16(10)17(23-27-18)21-15(25)9-24-19(26)14-7-5-4-6-13(14)12(3)22-24/h4-8H,9H2,1-3H3,(H,21,23,25). The molecule has 0 aliphatic carbocycles. The molecule has 8 heteroatoms. The summed E-state index contributed by atoms with van der Waals surface area (Å²) in [7, 11) is 0. The Morgan fingerprint density at radius 3 is 2.70 bits per heavy atom. The number of pyridine rings is 1. The highest BCUT2D eigenvalue weighted by atomic mass is 32.1. The maximum absolute atomic E-state index is 12.6. The first-order chi connectivity index (χ1) is 12.9. The van der Waals surface area contributed by atoms with Gasteiger partial charge >= 0.3 is 0 Å². The lowest BCUT2D eigenvalue weighted by molar-refractivity contribution is -0.117. The SMILES string of the molecule is Cc1cc(C)c2c(NC(=O)Cn3nc(C)c4ccccc4c3=O)nsc2n1. The Labute approximate surface area is 158 Å². The summed E-state index contributed by atoms with van der Waals surface area (Å²) in [6, 6.07) is 9.20. The molecule has 0 atom stereocenters. The predicted octanol–water partition coefficient (Wildman–Crippen LogP) is 2.97. The maximum atomic E-state index is 12.6. The number of hydrogen-bond acceptors (Lipinski definition) is 6. The van der Waals surface area contributed by atoms with Gasteiger partial charge in [-0.2, -0.15) is 9.47 Å². The van der Waals surface area contributed by atoms with E-state index < -0.39 is 0 Å². The van der Waals surface area contributed by atoms with Gasteiger partial charge in [0.25, 0.3) is 5.56 Å². The highest BCUT2D eigenvalue weighted by Gasteiger charge is 2.15. The lowest BCUT2D eigenvalue weighted by atomic mass is 10.1. The van der Waals surface area contributed by atoms with Crippen LogP contribution in [0.5, 0.6) is 0 Å². The van der Waals surface area contributed by atoms with E-state index in [9.17, 15) is 9.59 Å². The molecule has 0 saturated carbocycles. The average Bonchev–Trinajstić information content (AvgIpc) is 3.02. The van der Waals surface area contributed by atoms with Gasteiger partial charge in [-0.05, 0) is 50.0 Å². The van der Waals surface area contributed by atoms with E-state index in [4.69, 9.17) is 0 Å². The third-order valence-electron chi connectivity index (χ3n) is 4.38. The molecular weight excluding hydrogens is 362 g/mol. The van der Waals surface area contributed by atoms with Crippen molar-refractivity contribution in [3.8, 4) is 0 Å². The second kappa shape index (κ2) is 6.55. The zero-order valence-electron chi connectivity index (χ0n) is 15.1. The number of nitrogens with one attached hydrogen (secondary N) is 1. The van der Waals surface area contributed by atoms with Gasteiger partial charge in [0.05, 0.1) is 16.5 Å². The van der Waals surface area contributed by atoms with Crippen LogP contribution in [-0.4, -0.2) is 25.0 Å². The van der Waals surface area contributed by atoms with E-state index >= 15 is 0 Å². The molecule has 1 amide bonds. The minimum absolute atomic E-state index is 0.179. The van der Waals surface area contributed by atoms with E-state index in [0.29, 0.717) is 16.9 Å². The number of carbonyl (C=O) groups is 1. The first-order valence-corrected chi connectivity index (χ1v) is 9.21. The monoisotopic (exact) mass is 379 g/mol. The first-order valence-electron chi connectivity index (χ1n) is 8.44. The smallest absolute Gasteiger partial charge is 0.275 e. The third kappa shape index (κ3) is 3.08. The van der Waals surface area contributed by atoms with E-state index in [1.54, 1.807) is 12.1 Å². The predicted molar refractivity (Wildman–Crippen MR) is 106 cm³/mol. The van der Waals surface area contributed by atoms with Gasteiger partial charge in [0, 0.05) is 11.1 Å². The molecule has 0 saturated heterocycles. The van der Waals surface area contributed by atoms with Gasteiger partial charge in [-0.25, -0.2) is 9.67 Å². The largest absolute Gasteiger partial charge is 0.308 e. The van der Waals surface area contributed by atoms with Crippen LogP contribution in [-0.2, 0) is 11.3 Å². The summed E-state index contributed by atoms with van der Waals surface area (Å²) in [4.78, 5) is 30.4. The summed E-state index contributed by atoms with van der Waals surface area (Å²) in [5.41, 5.74) is 2.32. The molecule has 0 fully saturated rings. The van der Waals surface area contributed by atoms with E-state index in [1.165, 1.54) is 16.2 Å². The zero-order valence-corrected chi connectivity index (χ0v) is 15.9. The van der Waals surface area contributed by atoms with Crippen molar-refractivity contribution in [1.82, 2.24) is 19.1 Å². The summed E-state index contributed by atoms with van der Waals surface area (Å²) in [6.45, 7) is 5.52. The molecule has 4 rings (SSSR count). The molecular formula is C19H17N5O2S. The van der Waals surface area contributed by atoms with Gasteiger partial charge in [0.15, 0.2) is 5.82 Å². The number of aryl methyl sites for hydroxylation is 3. The van der Waals surface area contributed by atoms with Crippen LogP contribution in [0.3, 0.4) is 0 Å². The second-order valence-corrected chi connectivity index (χ2v) is 7.19. The number of hydrogen-bond donors (Lipinski definition) is 1. The normalized spacial score (nSPS) is 11.2. The van der Waals surface area contributed by atoms with Crippen molar-refractivity contribution in [3.63, 3.8) is 0 Å². The lowest BCUT2D eigenvalue weighted by Gasteiger charge is -2.09. The number of fused-ring (bicyclic) bond motifs is 2. The van der Waals surface area contributed by atoms with Crippen molar-refractivity contribution in [1.29, 1.82) is 0 Å². The van der Waals surface area contributed by atoms with Crippen LogP contribution in [0.4, 0.5) is 5.82 Å². The molecule has 4 aromatic rings. The number of amides is 1. The fraction of sp³-hybridized carbons (Fsp3) is 0.211. The Morgan fingerprint density at radius 1 is 1.19 bits per heavy atom. The van der Waals surface area contributed by atoms with Gasteiger partial charge in [0.2, 0.25) is 5.91 Å². The minimum atomic E-state index is -0.355. The fourth-order valence-corrected chi connectivity index (χ4v) is 4.04. The summed E-state index contributed by atoms with van der Waals surface area (Å²) < 4.78 is 5.50. The van der Waals surface area contributed by atoms with Crippen molar-refractivity contribution in [2.45, 2.75) is 27.3 Å². The number of rotatable bonds is 3. The fourth-order valence-electron chi connectivity index (χ4n) is 3.20. The van der Waals surface area contributed by atoms with Crippen LogP contribution < -0.4 is 10.9 Å². The summed E-state index contributed by atoms with van der Waals surface area (Å²) in [6.07, 6.45) is 0. The van der Waals surface area contributed by atoms with Crippen LogP contribution in [0.1, 0.15) is 17.0 Å². The second-order valence-electron chi connectivity index (χ2n) is 6.43. The number of nitrogens with zero attached hydrogens (tertiary/aromatic N) is 4. The molecule has 0 unspecified atom stereocenters. The van der Waals surface area contributed by atoms with Crippen molar-refractivity contribution in [3.05, 3.63) is 57.6 Å². The number of aromatic nitrogens is 4. The van der Waals surface area contributed by atoms with E-state index in [0.717, 1.165) is 26.9 Å². The van der Waals surface area contributed by atoms with E-state index in [1.807, 2.05) is 39.0 Å². The molecule has 7 nitrogen and oxygen atoms in total. The lowest BCUT2D eigenvalue weighted by Crippen LogP contribution is -2.30. The molecule has 136 valence electrons. The highest BCUT2D eigenvalue weighted by molar-refractivity contribution is 7.13. The molecule has 3 heterocycles. The number of carbonyl (C=O) groups excluding carboxylic acids is 1. The van der Waals surface area contributed by atoms with E-state index in [2.05, 4.69) is 19.8 Å². The molecule has 0 aliphatic heterocycles. The van der Waals surface area contributed by atoms with Crippen molar-refractivity contribution < 1.29 is 4.79 Å². The molecule has 3 aromatic heterocycles. The van der Waals surface area contributed by atoms with Crippen LogP contribution in [0.15, 0.2) is 35.1 Å². The van der Waals surface area contributed by atoms with Crippen LogP contribution in [0, 0.1) is 20.8 Å². The summed E-state index contributed by atoms with van der Waals surface area (Å²) in [5.74, 6) is 0.113. The number of anilines is 1. The molecule has 1 aromatic carbocycles. The van der Waals surface area contributed by atoms with Gasteiger partial charge in [-0.1, -0.05) is 18.2 Å². The maximum Gasteiger partial charge on any atom is 0.275 e. The van der Waals surface area contributed by atoms with Crippen molar-refractivity contribution >= 4 is 44.2 Å². The summed E-state index contributed by atoms with van der Waals surface area (Å²) >= 11 is 1.24. The average molecular weight is 379 g/mol. The van der Waals surface area contributed by atoms with Gasteiger partial charge in [-0.3, -0.25) is 9.59 Å². The van der Waals surface area contributed by atoms with Crippen LogP contribution in [0.2, 0.25) is 0 Å². The van der Waals surface area contributed by atoms with Gasteiger partial charge in [-0.15, -0.1) is 0 Å². The molecule has 0 radical (unpaired) electrons. The van der Waals surface area contributed by atoms with E-state index in [-0.39, 0.29) is 18.0 Å². The van der Waals surface area contributed by atoms with Gasteiger partial charge in [0.1, 0.15) is 11.4 Å². The highest BCUT2D eigenvalue weighted by Crippen LogP contribution is 2.28. The van der Waals surface area contributed by atoms with Crippen LogP contribution >= 0.6 is 11.5 Å². The Bertz CT molecular complexity index is 1260. The molecule has 27 heavy (non-hydrogen) atoms. The molecule has 0 aliphatic rings. The minimum Gasteiger partial charge on any atom is -0.308 e. The zero-order chi connectivity index (χ0) is 19.1. The van der Waals surface area contributed by atoms with Crippen molar-refractivity contribution in [2.24, 2.45) is 0 Å². The summed E-state index contributed by atoms with van der Waals surface area (Å²) in [5, 5.41) is 9.23. The van der Waals surface area contributed by atoms with Crippen molar-refractivity contribution in [2.75, 3.05) is 5.32 Å². The Morgan fingerprint density at radius 2 is 1.93 bits per heavy atom. The Hall–Kier alpha value is -3.13. The topological polar surface area (TPSA) is 89.8 Å². The Balaban J connectivity index is 1.65. The third-order valence-corrected chi connectivity index (χ3v) is 5.12. The quantitative estimate of drug-likeness (QED) is 0.591. The van der Waals surface area contributed by atoms with Gasteiger partial charge < -0.3 is 5.32 Å². The number of benzene rings is 1. The first kappa shape index (κ1) is 17.3. The van der Waals surface area contributed by atoms with Crippen LogP contribution in [0.25, 0.3) is 21.0 Å². The molecule has 0 spiro atoms.